The van der Waals surface area contributed by atoms with Gasteiger partial charge in [0.25, 0.3) is 0 Å². The average Bonchev–Trinajstić information content (AvgIpc) is 2.29. The van der Waals surface area contributed by atoms with E-state index >= 15 is 0 Å². The number of aryl methyl sites for hydroxylation is 1. The molecular weight excluding hydrogens is 324 g/mol. The lowest BCUT2D eigenvalue weighted by Gasteiger charge is -2.44. The fourth-order valence-electron chi connectivity index (χ4n) is 2.55. The first kappa shape index (κ1) is 14.5. The molecule has 0 bridgehead atoms. The Hall–Kier alpha value is -0.940. The molecule has 1 aliphatic carbocycles. The van der Waals surface area contributed by atoms with Crippen LogP contribution in [0.25, 0.3) is 0 Å². The van der Waals surface area contributed by atoms with Crippen molar-refractivity contribution in [3.63, 3.8) is 0 Å². The first-order valence-corrected chi connectivity index (χ1v) is 7.43. The summed E-state index contributed by atoms with van der Waals surface area (Å²) in [7, 11) is 0. The number of hydrogen-bond donors (Lipinski definition) is 2. The SMILES string of the molecule is Cc1ccc(NC(=O)C2(C(N)=S)CC(C)C2)cc1Br. The van der Waals surface area contributed by atoms with Gasteiger partial charge >= 0.3 is 0 Å². The predicted octanol–water partition coefficient (Wildman–Crippen LogP) is 3.40. The van der Waals surface area contributed by atoms with Gasteiger partial charge in [-0.05, 0) is 43.4 Å². The minimum Gasteiger partial charge on any atom is -0.392 e. The molecule has 0 aromatic heterocycles. The van der Waals surface area contributed by atoms with Gasteiger partial charge in [0.2, 0.25) is 5.91 Å². The van der Waals surface area contributed by atoms with E-state index in [-0.39, 0.29) is 5.91 Å². The largest absolute Gasteiger partial charge is 0.392 e. The third-order valence-electron chi connectivity index (χ3n) is 3.73. The molecule has 0 aliphatic heterocycles. The van der Waals surface area contributed by atoms with Gasteiger partial charge in [-0.25, -0.2) is 0 Å². The van der Waals surface area contributed by atoms with Crippen molar-refractivity contribution in [3.8, 4) is 0 Å². The molecule has 3 nitrogen and oxygen atoms in total. The standard InChI is InChI=1S/C14H17BrN2OS/c1-8-6-14(7-8,12(16)19)13(18)17-10-4-3-9(2)11(15)5-10/h3-5,8H,6-7H2,1-2H3,(H2,16,19)(H,17,18). The number of anilines is 1. The third-order valence-corrected chi connectivity index (χ3v) is 4.97. The van der Waals surface area contributed by atoms with E-state index in [0.717, 1.165) is 28.6 Å². The molecule has 0 saturated heterocycles. The Morgan fingerprint density at radius 3 is 2.63 bits per heavy atom. The van der Waals surface area contributed by atoms with Gasteiger partial charge in [0.15, 0.2) is 0 Å². The fraction of sp³-hybridized carbons (Fsp3) is 0.429. The second-order valence-corrected chi connectivity index (χ2v) is 6.67. The number of carbonyl (C=O) groups is 1. The summed E-state index contributed by atoms with van der Waals surface area (Å²) in [5.41, 5.74) is 6.99. The van der Waals surface area contributed by atoms with Crippen LogP contribution in [0.2, 0.25) is 0 Å². The highest BCUT2D eigenvalue weighted by Crippen LogP contribution is 2.46. The average molecular weight is 341 g/mol. The summed E-state index contributed by atoms with van der Waals surface area (Å²) in [6.07, 6.45) is 1.47. The maximum absolute atomic E-state index is 12.4. The summed E-state index contributed by atoms with van der Waals surface area (Å²) in [5, 5.41) is 2.92. The number of thiocarbonyl (C=S) groups is 1. The minimum absolute atomic E-state index is 0.0890. The smallest absolute Gasteiger partial charge is 0.237 e. The molecule has 1 aliphatic rings. The van der Waals surface area contributed by atoms with Crippen LogP contribution in [0.1, 0.15) is 25.3 Å². The molecule has 2 rings (SSSR count). The van der Waals surface area contributed by atoms with Crippen LogP contribution >= 0.6 is 28.1 Å². The molecular formula is C14H17BrN2OS. The highest BCUT2D eigenvalue weighted by atomic mass is 79.9. The first-order chi connectivity index (χ1) is 8.85. The van der Waals surface area contributed by atoms with Gasteiger partial charge in [0.05, 0.1) is 10.4 Å². The van der Waals surface area contributed by atoms with E-state index in [9.17, 15) is 4.79 Å². The van der Waals surface area contributed by atoms with Crippen LogP contribution in [-0.4, -0.2) is 10.9 Å². The Balaban J connectivity index is 2.16. The van der Waals surface area contributed by atoms with E-state index in [0.29, 0.717) is 10.9 Å². The van der Waals surface area contributed by atoms with Crippen LogP contribution in [0.4, 0.5) is 5.69 Å². The predicted molar refractivity (Wildman–Crippen MR) is 85.1 cm³/mol. The molecule has 102 valence electrons. The van der Waals surface area contributed by atoms with Crippen molar-refractivity contribution < 1.29 is 4.79 Å². The number of amides is 1. The van der Waals surface area contributed by atoms with Crippen LogP contribution < -0.4 is 11.1 Å². The topological polar surface area (TPSA) is 55.1 Å². The van der Waals surface area contributed by atoms with Crippen molar-refractivity contribution in [3.05, 3.63) is 28.2 Å². The minimum atomic E-state index is -0.661. The van der Waals surface area contributed by atoms with Crippen molar-refractivity contribution >= 4 is 44.7 Å². The monoisotopic (exact) mass is 340 g/mol. The molecule has 1 aromatic carbocycles. The molecule has 1 saturated carbocycles. The fourth-order valence-corrected chi connectivity index (χ4v) is 3.19. The summed E-state index contributed by atoms with van der Waals surface area (Å²) >= 11 is 8.53. The Bertz CT molecular complexity index is 538. The lowest BCUT2D eigenvalue weighted by atomic mass is 9.62. The van der Waals surface area contributed by atoms with E-state index in [1.165, 1.54) is 0 Å². The molecule has 3 N–H and O–H groups in total. The van der Waals surface area contributed by atoms with Gasteiger partial charge in [0.1, 0.15) is 0 Å². The maximum Gasteiger partial charge on any atom is 0.237 e. The Morgan fingerprint density at radius 2 is 2.16 bits per heavy atom. The number of nitrogens with one attached hydrogen (secondary N) is 1. The molecule has 0 heterocycles. The number of rotatable bonds is 3. The van der Waals surface area contributed by atoms with E-state index in [4.69, 9.17) is 18.0 Å². The van der Waals surface area contributed by atoms with Gasteiger partial charge < -0.3 is 11.1 Å². The van der Waals surface area contributed by atoms with Gasteiger partial charge in [0, 0.05) is 10.2 Å². The lowest BCUT2D eigenvalue weighted by Crippen LogP contribution is -2.53. The highest BCUT2D eigenvalue weighted by molar-refractivity contribution is 9.10. The Kier molecular flexibility index (Phi) is 3.97. The van der Waals surface area contributed by atoms with E-state index in [2.05, 4.69) is 28.2 Å². The molecule has 19 heavy (non-hydrogen) atoms. The zero-order chi connectivity index (χ0) is 14.2. The van der Waals surface area contributed by atoms with Gasteiger partial charge in [-0.2, -0.15) is 0 Å². The maximum atomic E-state index is 12.4. The van der Waals surface area contributed by atoms with Crippen molar-refractivity contribution in [2.45, 2.75) is 26.7 Å². The third kappa shape index (κ3) is 2.67. The van der Waals surface area contributed by atoms with Crippen molar-refractivity contribution in [2.24, 2.45) is 17.1 Å². The summed E-state index contributed by atoms with van der Waals surface area (Å²) in [6.45, 7) is 4.10. The van der Waals surface area contributed by atoms with Crippen LogP contribution in [0.15, 0.2) is 22.7 Å². The van der Waals surface area contributed by atoms with Crippen molar-refractivity contribution in [1.29, 1.82) is 0 Å². The highest BCUT2D eigenvalue weighted by Gasteiger charge is 2.50. The van der Waals surface area contributed by atoms with Gasteiger partial charge in [-0.15, -0.1) is 0 Å². The van der Waals surface area contributed by atoms with Crippen LogP contribution in [0.5, 0.6) is 0 Å². The summed E-state index contributed by atoms with van der Waals surface area (Å²) < 4.78 is 0.969. The molecule has 0 spiro atoms. The molecule has 0 atom stereocenters. The van der Waals surface area contributed by atoms with Gasteiger partial charge in [-0.3, -0.25) is 4.79 Å². The van der Waals surface area contributed by atoms with Gasteiger partial charge in [-0.1, -0.05) is 41.1 Å². The second kappa shape index (κ2) is 5.21. The quantitative estimate of drug-likeness (QED) is 0.829. The summed E-state index contributed by atoms with van der Waals surface area (Å²) in [5.74, 6) is 0.408. The van der Waals surface area contributed by atoms with E-state index in [1.54, 1.807) is 0 Å². The Morgan fingerprint density at radius 1 is 1.53 bits per heavy atom. The van der Waals surface area contributed by atoms with E-state index in [1.807, 2.05) is 25.1 Å². The molecule has 5 heteroatoms. The number of nitrogens with two attached hydrogens (primary N) is 1. The zero-order valence-electron chi connectivity index (χ0n) is 11.0. The first-order valence-electron chi connectivity index (χ1n) is 6.22. The number of carbonyl (C=O) groups excluding carboxylic acids is 1. The number of halogens is 1. The lowest BCUT2D eigenvalue weighted by molar-refractivity contribution is -0.127. The molecule has 0 unspecified atom stereocenters. The normalized spacial score (nSPS) is 25.5. The molecule has 1 aromatic rings. The molecule has 1 amide bonds. The molecule has 0 radical (unpaired) electrons. The second-order valence-electron chi connectivity index (χ2n) is 5.38. The number of benzene rings is 1. The number of hydrogen-bond acceptors (Lipinski definition) is 2. The van der Waals surface area contributed by atoms with Crippen molar-refractivity contribution in [2.75, 3.05) is 5.32 Å². The Labute approximate surface area is 127 Å². The van der Waals surface area contributed by atoms with E-state index < -0.39 is 5.41 Å². The van der Waals surface area contributed by atoms with Crippen molar-refractivity contribution in [1.82, 2.24) is 0 Å². The van der Waals surface area contributed by atoms with Crippen LogP contribution in [0, 0.1) is 18.3 Å². The molecule has 1 fully saturated rings. The van der Waals surface area contributed by atoms with Crippen LogP contribution in [0.3, 0.4) is 0 Å². The zero-order valence-corrected chi connectivity index (χ0v) is 13.4. The summed E-state index contributed by atoms with van der Waals surface area (Å²) in [6, 6.07) is 5.73. The summed E-state index contributed by atoms with van der Waals surface area (Å²) in [4.78, 5) is 12.7. The van der Waals surface area contributed by atoms with Crippen LogP contribution in [-0.2, 0) is 4.79 Å².